The third-order valence-corrected chi connectivity index (χ3v) is 2.30. The first-order valence-electron chi connectivity index (χ1n) is 4.62. The lowest BCUT2D eigenvalue weighted by Gasteiger charge is -2.05. The van der Waals surface area contributed by atoms with Crippen LogP contribution in [0.4, 0.5) is 0 Å². The van der Waals surface area contributed by atoms with Crippen molar-refractivity contribution in [3.05, 3.63) is 42.1 Å². The second kappa shape index (κ2) is 4.52. The van der Waals surface area contributed by atoms with E-state index in [9.17, 15) is 0 Å². The smallest absolute Gasteiger partial charge is 0.0704 e. The van der Waals surface area contributed by atoms with E-state index in [1.165, 1.54) is 10.9 Å². The van der Waals surface area contributed by atoms with Gasteiger partial charge < -0.3 is 0 Å². The van der Waals surface area contributed by atoms with Gasteiger partial charge in [0.05, 0.1) is 5.52 Å². The van der Waals surface area contributed by atoms with Crippen LogP contribution in [-0.2, 0) is 0 Å². The Hall–Kier alpha value is -0.940. The standard InChI is InChI=1S/C12H13N.H3P/c1-9(2)11-6-5-10-4-3-7-13-12(10)8-11;/h3-9H,1-2H3;1H3. The largest absolute Gasteiger partial charge is 0.256 e. The van der Waals surface area contributed by atoms with Crippen LogP contribution in [0.25, 0.3) is 10.9 Å². The van der Waals surface area contributed by atoms with Crippen LogP contribution >= 0.6 is 9.90 Å². The van der Waals surface area contributed by atoms with E-state index in [0.717, 1.165) is 5.52 Å². The molecule has 0 fully saturated rings. The fourth-order valence-corrected chi connectivity index (χ4v) is 1.44. The molecule has 0 radical (unpaired) electrons. The Morgan fingerprint density at radius 2 is 1.93 bits per heavy atom. The van der Waals surface area contributed by atoms with Crippen LogP contribution in [0, 0.1) is 0 Å². The Bertz CT molecular complexity index is 423. The SMILES string of the molecule is CC(C)c1ccc2cccnc2c1.P. The van der Waals surface area contributed by atoms with E-state index in [-0.39, 0.29) is 9.90 Å². The molecule has 0 N–H and O–H groups in total. The number of rotatable bonds is 1. The predicted octanol–water partition coefficient (Wildman–Crippen LogP) is 3.42. The van der Waals surface area contributed by atoms with Crippen LogP contribution in [-0.4, -0.2) is 4.98 Å². The van der Waals surface area contributed by atoms with Crippen molar-refractivity contribution in [1.82, 2.24) is 4.98 Å². The van der Waals surface area contributed by atoms with E-state index in [1.54, 1.807) is 0 Å². The van der Waals surface area contributed by atoms with Crippen LogP contribution < -0.4 is 0 Å². The maximum Gasteiger partial charge on any atom is 0.0704 e. The Balaban J connectivity index is 0.000000980. The van der Waals surface area contributed by atoms with Gasteiger partial charge >= 0.3 is 0 Å². The minimum absolute atomic E-state index is 0. The van der Waals surface area contributed by atoms with Crippen LogP contribution in [0.3, 0.4) is 0 Å². The lowest BCUT2D eigenvalue weighted by Crippen LogP contribution is -1.87. The zero-order valence-corrected chi connectivity index (χ0v) is 10.1. The van der Waals surface area contributed by atoms with Gasteiger partial charge in [-0.15, -0.1) is 0 Å². The van der Waals surface area contributed by atoms with Crippen LogP contribution in [0.1, 0.15) is 25.3 Å². The molecule has 1 aromatic carbocycles. The van der Waals surface area contributed by atoms with Crippen molar-refractivity contribution in [2.75, 3.05) is 0 Å². The minimum Gasteiger partial charge on any atom is -0.256 e. The topological polar surface area (TPSA) is 12.9 Å². The number of nitrogens with zero attached hydrogens (tertiary/aromatic N) is 1. The molecule has 0 spiro atoms. The monoisotopic (exact) mass is 205 g/mol. The van der Waals surface area contributed by atoms with Gasteiger partial charge in [0.15, 0.2) is 0 Å². The maximum absolute atomic E-state index is 4.32. The van der Waals surface area contributed by atoms with Gasteiger partial charge in [-0.05, 0) is 23.6 Å². The van der Waals surface area contributed by atoms with Crippen molar-refractivity contribution in [3.63, 3.8) is 0 Å². The van der Waals surface area contributed by atoms with Gasteiger partial charge in [0.25, 0.3) is 0 Å². The summed E-state index contributed by atoms with van der Waals surface area (Å²) in [5.74, 6) is 0.575. The van der Waals surface area contributed by atoms with Crippen molar-refractivity contribution in [1.29, 1.82) is 0 Å². The zero-order valence-electron chi connectivity index (χ0n) is 8.70. The lowest BCUT2D eigenvalue weighted by atomic mass is 10.0. The molecule has 74 valence electrons. The molecule has 1 atom stereocenters. The third kappa shape index (κ3) is 2.10. The average molecular weight is 205 g/mol. The van der Waals surface area contributed by atoms with E-state index in [0.29, 0.717) is 5.92 Å². The molecule has 0 aliphatic rings. The molecule has 2 heteroatoms. The molecule has 0 aliphatic carbocycles. The maximum atomic E-state index is 4.32. The third-order valence-electron chi connectivity index (χ3n) is 2.30. The predicted molar refractivity (Wildman–Crippen MR) is 66.9 cm³/mol. The van der Waals surface area contributed by atoms with Crippen molar-refractivity contribution >= 4 is 20.8 Å². The number of hydrogen-bond donors (Lipinski definition) is 0. The van der Waals surface area contributed by atoms with Crippen LogP contribution in [0.15, 0.2) is 36.5 Å². The molecule has 1 unspecified atom stereocenters. The summed E-state index contributed by atoms with van der Waals surface area (Å²) in [6.07, 6.45) is 1.84. The molecular weight excluding hydrogens is 189 g/mol. The van der Waals surface area contributed by atoms with E-state index in [4.69, 9.17) is 0 Å². The summed E-state index contributed by atoms with van der Waals surface area (Å²) >= 11 is 0. The highest BCUT2D eigenvalue weighted by Gasteiger charge is 1.99. The molecule has 1 aromatic heterocycles. The van der Waals surface area contributed by atoms with Crippen molar-refractivity contribution in [2.45, 2.75) is 19.8 Å². The number of hydrogen-bond acceptors (Lipinski definition) is 1. The molecule has 0 amide bonds. The number of fused-ring (bicyclic) bond motifs is 1. The molecule has 2 rings (SSSR count). The summed E-state index contributed by atoms with van der Waals surface area (Å²) in [6, 6.07) is 10.5. The molecule has 1 nitrogen and oxygen atoms in total. The van der Waals surface area contributed by atoms with Gasteiger partial charge in [0.1, 0.15) is 0 Å². The van der Waals surface area contributed by atoms with E-state index in [1.807, 2.05) is 12.3 Å². The van der Waals surface area contributed by atoms with E-state index >= 15 is 0 Å². The van der Waals surface area contributed by atoms with Crippen LogP contribution in [0.5, 0.6) is 0 Å². The molecule has 1 heterocycles. The molecule has 0 bridgehead atoms. The molecule has 0 saturated heterocycles. The zero-order chi connectivity index (χ0) is 9.26. The summed E-state index contributed by atoms with van der Waals surface area (Å²) in [5, 5.41) is 1.21. The van der Waals surface area contributed by atoms with Gasteiger partial charge in [-0.25, -0.2) is 0 Å². The van der Waals surface area contributed by atoms with Gasteiger partial charge in [-0.3, -0.25) is 4.98 Å². The van der Waals surface area contributed by atoms with Gasteiger partial charge in [0.2, 0.25) is 0 Å². The van der Waals surface area contributed by atoms with Crippen LogP contribution in [0.2, 0.25) is 0 Å². The van der Waals surface area contributed by atoms with E-state index in [2.05, 4.69) is 43.1 Å². The first kappa shape index (κ1) is 11.1. The van der Waals surface area contributed by atoms with Gasteiger partial charge in [0, 0.05) is 11.6 Å². The first-order valence-corrected chi connectivity index (χ1v) is 4.62. The molecule has 2 aromatic rings. The normalized spacial score (nSPS) is 10.2. The van der Waals surface area contributed by atoms with Crippen molar-refractivity contribution in [3.8, 4) is 0 Å². The Kier molecular flexibility index (Phi) is 3.60. The highest BCUT2D eigenvalue weighted by molar-refractivity contribution is 6.92. The number of aromatic nitrogens is 1. The summed E-state index contributed by atoms with van der Waals surface area (Å²) in [7, 11) is 0. The second-order valence-corrected chi connectivity index (χ2v) is 3.61. The quantitative estimate of drug-likeness (QED) is 0.650. The first-order chi connectivity index (χ1) is 6.27. The molecule has 0 aliphatic heterocycles. The second-order valence-electron chi connectivity index (χ2n) is 3.61. The highest BCUT2D eigenvalue weighted by atomic mass is 31.0. The summed E-state index contributed by atoms with van der Waals surface area (Å²) in [4.78, 5) is 4.32. The Morgan fingerprint density at radius 3 is 2.64 bits per heavy atom. The summed E-state index contributed by atoms with van der Waals surface area (Å²) in [5.41, 5.74) is 2.44. The van der Waals surface area contributed by atoms with Crippen molar-refractivity contribution in [2.24, 2.45) is 0 Å². The molecular formula is C12H16NP. The van der Waals surface area contributed by atoms with Gasteiger partial charge in [-0.2, -0.15) is 9.90 Å². The fraction of sp³-hybridized carbons (Fsp3) is 0.250. The number of benzene rings is 1. The summed E-state index contributed by atoms with van der Waals surface area (Å²) < 4.78 is 0. The fourth-order valence-electron chi connectivity index (χ4n) is 1.44. The van der Waals surface area contributed by atoms with Crippen molar-refractivity contribution < 1.29 is 0 Å². The molecule has 14 heavy (non-hydrogen) atoms. The average Bonchev–Trinajstić information content (AvgIpc) is 2.17. The highest BCUT2D eigenvalue weighted by Crippen LogP contribution is 2.19. The number of pyridine rings is 1. The molecule has 0 saturated carbocycles. The minimum atomic E-state index is 0. The van der Waals surface area contributed by atoms with E-state index < -0.39 is 0 Å². The Morgan fingerprint density at radius 1 is 1.14 bits per heavy atom. The summed E-state index contributed by atoms with van der Waals surface area (Å²) in [6.45, 7) is 4.40. The van der Waals surface area contributed by atoms with Gasteiger partial charge in [-0.1, -0.05) is 32.0 Å². The Labute approximate surface area is 88.2 Å². The lowest BCUT2D eigenvalue weighted by molar-refractivity contribution is 0.868.